The Labute approximate surface area is 169 Å². The van der Waals surface area contributed by atoms with E-state index in [1.807, 2.05) is 0 Å². The number of nitrogens with one attached hydrogen (secondary N) is 1. The van der Waals surface area contributed by atoms with Crippen LogP contribution in [-0.4, -0.2) is 11.8 Å². The van der Waals surface area contributed by atoms with Gasteiger partial charge in [0.2, 0.25) is 0 Å². The fourth-order valence-corrected chi connectivity index (χ4v) is 4.33. The molecule has 2 amide bonds. The van der Waals surface area contributed by atoms with Gasteiger partial charge in [-0.05, 0) is 41.8 Å². The van der Waals surface area contributed by atoms with E-state index in [4.69, 9.17) is 5.26 Å². The molecule has 0 radical (unpaired) electrons. The van der Waals surface area contributed by atoms with Gasteiger partial charge in [-0.1, -0.05) is 34.1 Å². The molecular formula is C21H15BrFN3O2. The van der Waals surface area contributed by atoms with Crippen LogP contribution in [0.15, 0.2) is 58.2 Å². The predicted molar refractivity (Wildman–Crippen MR) is 105 cm³/mol. The van der Waals surface area contributed by atoms with Crippen molar-refractivity contribution in [2.75, 3.05) is 4.90 Å². The lowest BCUT2D eigenvalue weighted by molar-refractivity contribution is -0.115. The number of hydrogen-bond donors (Lipinski definition) is 1. The molecule has 4 rings (SSSR count). The number of nitrogens with zero attached hydrogens (tertiary/aromatic N) is 2. The van der Waals surface area contributed by atoms with E-state index in [1.54, 1.807) is 42.5 Å². The van der Waals surface area contributed by atoms with E-state index in [9.17, 15) is 14.0 Å². The predicted octanol–water partition coefficient (Wildman–Crippen LogP) is 4.68. The van der Waals surface area contributed by atoms with Gasteiger partial charge in [0, 0.05) is 22.2 Å². The number of nitriles is 1. The Morgan fingerprint density at radius 1 is 1.21 bits per heavy atom. The first kappa shape index (κ1) is 18.4. The Bertz CT molecular complexity index is 1070. The molecule has 5 nitrogen and oxygen atoms in total. The highest BCUT2D eigenvalue weighted by molar-refractivity contribution is 9.10. The molecule has 0 fully saturated rings. The van der Waals surface area contributed by atoms with Gasteiger partial charge in [0.15, 0.2) is 5.78 Å². The van der Waals surface area contributed by atoms with Gasteiger partial charge in [-0.15, -0.1) is 0 Å². The van der Waals surface area contributed by atoms with Gasteiger partial charge in [0.05, 0.1) is 23.4 Å². The molecule has 1 atom stereocenters. The van der Waals surface area contributed by atoms with E-state index >= 15 is 0 Å². The van der Waals surface area contributed by atoms with E-state index < -0.39 is 12.7 Å². The maximum Gasteiger partial charge on any atom is 0.327 e. The van der Waals surface area contributed by atoms with Crippen LogP contribution in [0.1, 0.15) is 35.6 Å². The van der Waals surface area contributed by atoms with E-state index in [2.05, 4.69) is 27.3 Å². The summed E-state index contributed by atoms with van der Waals surface area (Å²) < 4.78 is 13.7. The standard InChI is InChI=1S/C21H15BrFN3O2/c22-16-9-13(11-24)4-5-15(16)20-19-17(6-7-18(19)27)26(21(28)25-20)14-3-1-2-12(8-14)10-23/h1-5,8-9,20H,6-7,10H2,(H,25,28). The summed E-state index contributed by atoms with van der Waals surface area (Å²) in [7, 11) is 0. The van der Waals surface area contributed by atoms with Crippen molar-refractivity contribution in [3.63, 3.8) is 0 Å². The molecule has 0 saturated heterocycles. The number of halogens is 2. The molecule has 0 bridgehead atoms. The summed E-state index contributed by atoms with van der Waals surface area (Å²) >= 11 is 3.45. The summed E-state index contributed by atoms with van der Waals surface area (Å²) in [6, 6.07) is 12.8. The molecule has 140 valence electrons. The number of ketones is 1. The van der Waals surface area contributed by atoms with Gasteiger partial charge in [0.1, 0.15) is 6.67 Å². The van der Waals surface area contributed by atoms with E-state index in [0.29, 0.717) is 51.0 Å². The Balaban J connectivity index is 1.83. The largest absolute Gasteiger partial charge is 0.327 e. The van der Waals surface area contributed by atoms with Crippen LogP contribution in [0, 0.1) is 11.3 Å². The summed E-state index contributed by atoms with van der Waals surface area (Å²) in [6.07, 6.45) is 0.773. The average molecular weight is 440 g/mol. The molecule has 1 aliphatic heterocycles. The minimum atomic E-state index is -0.630. The fraction of sp³-hybridized carbons (Fsp3) is 0.190. The summed E-state index contributed by atoms with van der Waals surface area (Å²) in [5.41, 5.74) is 3.38. The topological polar surface area (TPSA) is 73.2 Å². The Morgan fingerprint density at radius 3 is 2.75 bits per heavy atom. The lowest BCUT2D eigenvalue weighted by Crippen LogP contribution is -2.47. The number of rotatable bonds is 3. The highest BCUT2D eigenvalue weighted by Gasteiger charge is 2.41. The molecule has 7 heteroatoms. The molecule has 0 aromatic heterocycles. The van der Waals surface area contributed by atoms with Crippen molar-refractivity contribution in [3.05, 3.63) is 74.9 Å². The number of Topliss-reactive ketones (excluding diaryl/α,β-unsaturated/α-hetero) is 1. The number of amides is 2. The molecule has 28 heavy (non-hydrogen) atoms. The van der Waals surface area contributed by atoms with Crippen molar-refractivity contribution in [3.8, 4) is 6.07 Å². The van der Waals surface area contributed by atoms with Crippen LogP contribution >= 0.6 is 15.9 Å². The molecule has 0 spiro atoms. The number of anilines is 1. The third-order valence-electron chi connectivity index (χ3n) is 4.99. The maximum absolute atomic E-state index is 13.1. The summed E-state index contributed by atoms with van der Waals surface area (Å²) in [4.78, 5) is 27.1. The van der Waals surface area contributed by atoms with Crippen LogP contribution in [0.25, 0.3) is 0 Å². The molecule has 1 N–H and O–H groups in total. The number of carbonyl (C=O) groups excluding carboxylic acids is 2. The van der Waals surface area contributed by atoms with Gasteiger partial charge in [-0.2, -0.15) is 5.26 Å². The summed E-state index contributed by atoms with van der Waals surface area (Å²) in [6.45, 7) is -0.630. The number of carbonyl (C=O) groups is 2. The minimum absolute atomic E-state index is 0.0251. The smallest absolute Gasteiger partial charge is 0.326 e. The number of allylic oxidation sites excluding steroid dienone is 1. The zero-order valence-corrected chi connectivity index (χ0v) is 16.3. The van der Waals surface area contributed by atoms with Crippen LogP contribution in [-0.2, 0) is 11.5 Å². The van der Waals surface area contributed by atoms with Crippen molar-refractivity contribution >= 4 is 33.4 Å². The quantitative estimate of drug-likeness (QED) is 0.754. The number of benzene rings is 2. The van der Waals surface area contributed by atoms with Crippen molar-refractivity contribution in [2.24, 2.45) is 0 Å². The third kappa shape index (κ3) is 3.00. The first-order chi connectivity index (χ1) is 13.5. The van der Waals surface area contributed by atoms with Gasteiger partial charge in [-0.3, -0.25) is 9.69 Å². The first-order valence-corrected chi connectivity index (χ1v) is 9.54. The van der Waals surface area contributed by atoms with Crippen molar-refractivity contribution in [1.82, 2.24) is 5.32 Å². The summed E-state index contributed by atoms with van der Waals surface area (Å²) in [5, 5.41) is 12.0. The Morgan fingerprint density at radius 2 is 2.04 bits per heavy atom. The van der Waals surface area contributed by atoms with Crippen LogP contribution in [0.4, 0.5) is 14.9 Å². The van der Waals surface area contributed by atoms with Gasteiger partial charge in [0.25, 0.3) is 0 Å². The SMILES string of the molecule is N#Cc1ccc(C2NC(=O)N(c3cccc(CF)c3)C3=C2C(=O)CC3)c(Br)c1. The fourth-order valence-electron chi connectivity index (χ4n) is 3.72. The highest BCUT2D eigenvalue weighted by Crippen LogP contribution is 2.42. The zero-order chi connectivity index (χ0) is 19.8. The highest BCUT2D eigenvalue weighted by atomic mass is 79.9. The van der Waals surface area contributed by atoms with Gasteiger partial charge in [-0.25, -0.2) is 9.18 Å². The van der Waals surface area contributed by atoms with Crippen molar-refractivity contribution in [1.29, 1.82) is 5.26 Å². The molecule has 1 heterocycles. The Hall–Kier alpha value is -2.98. The second kappa shape index (κ2) is 7.21. The molecule has 1 unspecified atom stereocenters. The number of urea groups is 1. The molecule has 2 aliphatic rings. The van der Waals surface area contributed by atoms with Gasteiger partial charge < -0.3 is 5.32 Å². The second-order valence-corrected chi connectivity index (χ2v) is 7.51. The zero-order valence-electron chi connectivity index (χ0n) is 14.7. The molecular weight excluding hydrogens is 425 g/mol. The first-order valence-electron chi connectivity index (χ1n) is 8.75. The van der Waals surface area contributed by atoms with Crippen LogP contribution in [0.3, 0.4) is 0 Å². The van der Waals surface area contributed by atoms with Crippen LogP contribution < -0.4 is 10.2 Å². The maximum atomic E-state index is 13.1. The summed E-state index contributed by atoms with van der Waals surface area (Å²) in [5.74, 6) is -0.0251. The van der Waals surface area contributed by atoms with Crippen molar-refractivity contribution < 1.29 is 14.0 Å². The average Bonchev–Trinajstić information content (AvgIpc) is 3.08. The van der Waals surface area contributed by atoms with Crippen LogP contribution in [0.5, 0.6) is 0 Å². The molecule has 0 saturated carbocycles. The monoisotopic (exact) mass is 439 g/mol. The number of hydrogen-bond acceptors (Lipinski definition) is 3. The number of alkyl halides is 1. The lowest BCUT2D eigenvalue weighted by Gasteiger charge is -2.35. The van der Waals surface area contributed by atoms with Gasteiger partial charge >= 0.3 is 6.03 Å². The molecule has 2 aromatic carbocycles. The molecule has 2 aromatic rings. The lowest BCUT2D eigenvalue weighted by atomic mass is 9.94. The normalized spacial score (nSPS) is 18.8. The van der Waals surface area contributed by atoms with E-state index in [-0.39, 0.29) is 11.8 Å². The van der Waals surface area contributed by atoms with E-state index in [1.165, 1.54) is 4.90 Å². The molecule has 1 aliphatic carbocycles. The second-order valence-electron chi connectivity index (χ2n) is 6.65. The Kier molecular flexibility index (Phi) is 4.73. The van der Waals surface area contributed by atoms with E-state index in [0.717, 1.165) is 0 Å². The minimum Gasteiger partial charge on any atom is -0.326 e. The van der Waals surface area contributed by atoms with Crippen molar-refractivity contribution in [2.45, 2.75) is 25.6 Å². The third-order valence-corrected chi connectivity index (χ3v) is 5.68. The van der Waals surface area contributed by atoms with Crippen LogP contribution in [0.2, 0.25) is 0 Å².